The van der Waals surface area contributed by atoms with Crippen molar-refractivity contribution in [3.05, 3.63) is 0 Å². The van der Waals surface area contributed by atoms with Crippen LogP contribution in [0.25, 0.3) is 0 Å². The molecule has 0 rings (SSSR count). The van der Waals surface area contributed by atoms with E-state index in [2.05, 4.69) is 5.32 Å². The highest BCUT2D eigenvalue weighted by atomic mass is 16.6. The van der Waals surface area contributed by atoms with Gasteiger partial charge in [-0.25, -0.2) is 9.59 Å². The Balaban J connectivity index is 5.43. The third-order valence-electron chi connectivity index (χ3n) is 2.65. The van der Waals surface area contributed by atoms with E-state index in [0.29, 0.717) is 0 Å². The molecule has 1 amide bonds. The monoisotopic (exact) mass is 317 g/mol. The standard InChI is InChI=1S/C14H23NO7/c1-5-20-11(17)8-9-14(15-10(4)16,12(18)21-6-2)13(19)22-7-3/h5-9H2,1-4H3,(H,15,16). The number of ether oxygens (including phenoxy) is 3. The predicted molar refractivity (Wildman–Crippen MR) is 75.7 cm³/mol. The van der Waals surface area contributed by atoms with Crippen LogP contribution in [0, 0.1) is 0 Å². The Bertz CT molecular complexity index is 401. The molecule has 0 saturated heterocycles. The second kappa shape index (κ2) is 9.75. The van der Waals surface area contributed by atoms with Crippen LogP contribution in [-0.4, -0.2) is 49.2 Å². The highest BCUT2D eigenvalue weighted by molar-refractivity contribution is 6.08. The quantitative estimate of drug-likeness (QED) is 0.371. The fraction of sp³-hybridized carbons (Fsp3) is 0.714. The summed E-state index contributed by atoms with van der Waals surface area (Å²) in [4.78, 5) is 47.3. The molecule has 0 radical (unpaired) electrons. The first-order valence-electron chi connectivity index (χ1n) is 7.12. The number of hydrogen-bond acceptors (Lipinski definition) is 7. The molecular formula is C14H23NO7. The second-order valence-electron chi connectivity index (χ2n) is 4.33. The Morgan fingerprint density at radius 3 is 1.68 bits per heavy atom. The zero-order valence-corrected chi connectivity index (χ0v) is 13.4. The molecule has 0 aliphatic heterocycles. The number of hydrogen-bond donors (Lipinski definition) is 1. The van der Waals surface area contributed by atoms with E-state index in [0.717, 1.165) is 6.92 Å². The van der Waals surface area contributed by atoms with Crippen molar-refractivity contribution in [2.75, 3.05) is 19.8 Å². The van der Waals surface area contributed by atoms with Crippen molar-refractivity contribution in [1.82, 2.24) is 5.32 Å². The predicted octanol–water partition coefficient (Wildman–Crippen LogP) is 0.331. The molecule has 0 aliphatic carbocycles. The van der Waals surface area contributed by atoms with Crippen LogP contribution in [0.2, 0.25) is 0 Å². The Morgan fingerprint density at radius 1 is 0.864 bits per heavy atom. The van der Waals surface area contributed by atoms with Gasteiger partial charge in [0.25, 0.3) is 0 Å². The minimum atomic E-state index is -2.05. The molecule has 0 bridgehead atoms. The van der Waals surface area contributed by atoms with E-state index in [1.807, 2.05) is 0 Å². The zero-order chi connectivity index (χ0) is 17.2. The summed E-state index contributed by atoms with van der Waals surface area (Å²) in [5.74, 6) is -3.14. The topological polar surface area (TPSA) is 108 Å². The first-order chi connectivity index (χ1) is 10.3. The summed E-state index contributed by atoms with van der Waals surface area (Å²) in [7, 11) is 0. The maximum Gasteiger partial charge on any atom is 0.343 e. The van der Waals surface area contributed by atoms with Crippen molar-refractivity contribution >= 4 is 23.8 Å². The van der Waals surface area contributed by atoms with Crippen molar-refractivity contribution < 1.29 is 33.4 Å². The molecule has 126 valence electrons. The van der Waals surface area contributed by atoms with Gasteiger partial charge in [0.1, 0.15) is 0 Å². The summed E-state index contributed by atoms with van der Waals surface area (Å²) in [6, 6.07) is 0. The molecule has 0 atom stereocenters. The Kier molecular flexibility index (Phi) is 8.81. The van der Waals surface area contributed by atoms with E-state index < -0.39 is 29.4 Å². The third-order valence-corrected chi connectivity index (χ3v) is 2.65. The second-order valence-corrected chi connectivity index (χ2v) is 4.33. The summed E-state index contributed by atoms with van der Waals surface area (Å²) in [5, 5.41) is 2.26. The molecule has 22 heavy (non-hydrogen) atoms. The highest BCUT2D eigenvalue weighted by Gasteiger charge is 2.50. The van der Waals surface area contributed by atoms with E-state index in [-0.39, 0.29) is 32.7 Å². The van der Waals surface area contributed by atoms with Crippen LogP contribution in [0.4, 0.5) is 0 Å². The fourth-order valence-electron chi connectivity index (χ4n) is 1.78. The van der Waals surface area contributed by atoms with Gasteiger partial charge in [-0.15, -0.1) is 0 Å². The highest BCUT2D eigenvalue weighted by Crippen LogP contribution is 2.19. The van der Waals surface area contributed by atoms with Crippen LogP contribution in [0.3, 0.4) is 0 Å². The molecule has 0 aromatic rings. The third kappa shape index (κ3) is 5.71. The van der Waals surface area contributed by atoms with Crippen LogP contribution >= 0.6 is 0 Å². The number of rotatable bonds is 9. The van der Waals surface area contributed by atoms with Gasteiger partial charge < -0.3 is 19.5 Å². The number of carbonyl (C=O) groups excluding carboxylic acids is 4. The number of esters is 3. The average Bonchev–Trinajstić information content (AvgIpc) is 2.43. The van der Waals surface area contributed by atoms with Crippen molar-refractivity contribution in [1.29, 1.82) is 0 Å². The molecule has 0 aromatic heterocycles. The molecule has 0 saturated carbocycles. The van der Waals surface area contributed by atoms with Crippen molar-refractivity contribution in [2.45, 2.75) is 46.1 Å². The molecule has 0 fully saturated rings. The van der Waals surface area contributed by atoms with Gasteiger partial charge in [-0.3, -0.25) is 9.59 Å². The molecule has 0 aliphatic rings. The summed E-state index contributed by atoms with van der Waals surface area (Å²) in [5.41, 5.74) is -2.05. The fourth-order valence-corrected chi connectivity index (χ4v) is 1.78. The van der Waals surface area contributed by atoms with Gasteiger partial charge in [0, 0.05) is 19.8 Å². The molecule has 8 nitrogen and oxygen atoms in total. The average molecular weight is 317 g/mol. The maximum atomic E-state index is 12.2. The molecule has 1 N–H and O–H groups in total. The molecule has 0 heterocycles. The lowest BCUT2D eigenvalue weighted by atomic mass is 9.93. The van der Waals surface area contributed by atoms with Crippen LogP contribution in [0.15, 0.2) is 0 Å². The molecule has 8 heteroatoms. The minimum Gasteiger partial charge on any atom is -0.466 e. The van der Waals surface area contributed by atoms with Crippen LogP contribution in [-0.2, 0) is 33.4 Å². The van der Waals surface area contributed by atoms with Gasteiger partial charge in [0.2, 0.25) is 11.4 Å². The Hall–Kier alpha value is -2.12. The normalized spacial score (nSPS) is 10.5. The summed E-state index contributed by atoms with van der Waals surface area (Å²) < 4.78 is 14.5. The van der Waals surface area contributed by atoms with Crippen LogP contribution in [0.1, 0.15) is 40.5 Å². The molecule has 0 spiro atoms. The van der Waals surface area contributed by atoms with E-state index >= 15 is 0 Å². The summed E-state index contributed by atoms with van der Waals surface area (Å²) in [6.45, 7) is 6.11. The van der Waals surface area contributed by atoms with Crippen molar-refractivity contribution in [3.63, 3.8) is 0 Å². The first-order valence-corrected chi connectivity index (χ1v) is 7.12. The molecule has 0 unspecified atom stereocenters. The summed E-state index contributed by atoms with van der Waals surface area (Å²) >= 11 is 0. The summed E-state index contributed by atoms with van der Waals surface area (Å²) in [6.07, 6.45) is -0.547. The van der Waals surface area contributed by atoms with Gasteiger partial charge in [-0.1, -0.05) is 0 Å². The number of carbonyl (C=O) groups is 4. The molecule has 0 aromatic carbocycles. The van der Waals surface area contributed by atoms with Crippen LogP contribution < -0.4 is 5.32 Å². The first kappa shape index (κ1) is 19.9. The minimum absolute atomic E-state index is 0.0129. The smallest absolute Gasteiger partial charge is 0.343 e. The molecular weight excluding hydrogens is 294 g/mol. The van der Waals surface area contributed by atoms with E-state index in [1.54, 1.807) is 20.8 Å². The van der Waals surface area contributed by atoms with Gasteiger partial charge >= 0.3 is 17.9 Å². The zero-order valence-electron chi connectivity index (χ0n) is 13.4. The maximum absolute atomic E-state index is 12.2. The van der Waals surface area contributed by atoms with E-state index in [4.69, 9.17) is 14.2 Å². The van der Waals surface area contributed by atoms with Gasteiger partial charge in [0.05, 0.1) is 19.8 Å². The van der Waals surface area contributed by atoms with E-state index in [1.165, 1.54) is 0 Å². The van der Waals surface area contributed by atoms with Crippen molar-refractivity contribution in [2.24, 2.45) is 0 Å². The lowest BCUT2D eigenvalue weighted by molar-refractivity contribution is -0.168. The van der Waals surface area contributed by atoms with Gasteiger partial charge in [-0.2, -0.15) is 0 Å². The van der Waals surface area contributed by atoms with Gasteiger partial charge in [0.15, 0.2) is 0 Å². The SMILES string of the molecule is CCOC(=O)CCC(NC(C)=O)(C(=O)OCC)C(=O)OCC. The lowest BCUT2D eigenvalue weighted by Gasteiger charge is -2.29. The largest absolute Gasteiger partial charge is 0.466 e. The van der Waals surface area contributed by atoms with Crippen LogP contribution in [0.5, 0.6) is 0 Å². The lowest BCUT2D eigenvalue weighted by Crippen LogP contribution is -2.61. The number of amides is 1. The van der Waals surface area contributed by atoms with E-state index in [9.17, 15) is 19.2 Å². The Morgan fingerprint density at radius 2 is 1.32 bits per heavy atom. The van der Waals surface area contributed by atoms with Gasteiger partial charge in [-0.05, 0) is 20.8 Å². The Labute approximate surface area is 129 Å². The van der Waals surface area contributed by atoms with Crippen molar-refractivity contribution in [3.8, 4) is 0 Å². The number of nitrogens with one attached hydrogen (secondary N) is 1.